The van der Waals surface area contributed by atoms with Gasteiger partial charge < -0.3 is 15.4 Å². The number of aromatic nitrogens is 1. The van der Waals surface area contributed by atoms with Crippen molar-refractivity contribution in [3.8, 4) is 0 Å². The van der Waals surface area contributed by atoms with Crippen LogP contribution in [-0.2, 0) is 4.79 Å². The Kier molecular flexibility index (Phi) is 5.10. The van der Waals surface area contributed by atoms with Crippen molar-refractivity contribution in [1.29, 1.82) is 0 Å². The Hall–Kier alpha value is -2.11. The first-order chi connectivity index (χ1) is 8.49. The molecule has 1 aromatic rings. The maximum atomic E-state index is 11.6. The molecule has 1 heterocycles. The maximum Gasteiger partial charge on any atom is 0.303 e. The summed E-state index contributed by atoms with van der Waals surface area (Å²) >= 11 is 0. The third-order valence-corrected chi connectivity index (χ3v) is 2.51. The van der Waals surface area contributed by atoms with Gasteiger partial charge in [0.1, 0.15) is 0 Å². The van der Waals surface area contributed by atoms with Gasteiger partial charge in [0.15, 0.2) is 0 Å². The van der Waals surface area contributed by atoms with E-state index in [0.29, 0.717) is 18.5 Å². The van der Waals surface area contributed by atoms with Crippen LogP contribution in [0.1, 0.15) is 30.1 Å². The fraction of sp³-hybridized carbons (Fsp3) is 0.417. The highest BCUT2D eigenvalue weighted by Gasteiger charge is 2.09. The molecule has 1 unspecified atom stereocenters. The Morgan fingerprint density at radius 3 is 2.72 bits per heavy atom. The van der Waals surface area contributed by atoms with Gasteiger partial charge in [0.2, 0.25) is 5.56 Å². The maximum absolute atomic E-state index is 11.6. The van der Waals surface area contributed by atoms with Gasteiger partial charge in [-0.15, -0.1) is 0 Å². The lowest BCUT2D eigenvalue weighted by molar-refractivity contribution is -0.137. The number of rotatable bonds is 6. The van der Waals surface area contributed by atoms with Crippen molar-refractivity contribution in [1.82, 2.24) is 10.3 Å². The van der Waals surface area contributed by atoms with E-state index in [-0.39, 0.29) is 23.8 Å². The standard InChI is InChI=1S/C12H16N2O4/c1-8(2-5-11(16)17)6-14-12(18)9-3-4-10(15)13-7-9/h3-4,7-8H,2,5-6H2,1H3,(H,13,15)(H,14,18)(H,16,17). The minimum atomic E-state index is -0.839. The highest BCUT2D eigenvalue weighted by atomic mass is 16.4. The molecule has 0 fully saturated rings. The first-order valence-electron chi connectivity index (χ1n) is 5.67. The highest BCUT2D eigenvalue weighted by molar-refractivity contribution is 5.93. The van der Waals surface area contributed by atoms with Gasteiger partial charge in [-0.05, 0) is 18.4 Å². The summed E-state index contributed by atoms with van der Waals surface area (Å²) in [6, 6.07) is 2.72. The average molecular weight is 252 g/mol. The molecule has 1 rings (SSSR count). The minimum absolute atomic E-state index is 0.0906. The number of hydrogen-bond donors (Lipinski definition) is 3. The largest absolute Gasteiger partial charge is 0.481 e. The Morgan fingerprint density at radius 2 is 2.17 bits per heavy atom. The van der Waals surface area contributed by atoms with Crippen LogP contribution in [0.2, 0.25) is 0 Å². The lowest BCUT2D eigenvalue weighted by Gasteiger charge is -2.11. The van der Waals surface area contributed by atoms with Crippen LogP contribution in [0.3, 0.4) is 0 Å². The van der Waals surface area contributed by atoms with E-state index in [4.69, 9.17) is 5.11 Å². The topological polar surface area (TPSA) is 99.3 Å². The summed E-state index contributed by atoms with van der Waals surface area (Å²) in [5.41, 5.74) is 0.112. The predicted molar refractivity (Wildman–Crippen MR) is 65.4 cm³/mol. The van der Waals surface area contributed by atoms with E-state index >= 15 is 0 Å². The number of carboxylic acid groups (broad SMARTS) is 1. The highest BCUT2D eigenvalue weighted by Crippen LogP contribution is 2.04. The molecule has 0 saturated carbocycles. The molecule has 1 atom stereocenters. The van der Waals surface area contributed by atoms with Crippen molar-refractivity contribution in [3.63, 3.8) is 0 Å². The number of pyridine rings is 1. The fourth-order valence-corrected chi connectivity index (χ4v) is 1.39. The molecule has 0 aliphatic carbocycles. The molecule has 0 aliphatic heterocycles. The van der Waals surface area contributed by atoms with Crippen LogP contribution >= 0.6 is 0 Å². The molecule has 98 valence electrons. The smallest absolute Gasteiger partial charge is 0.303 e. The van der Waals surface area contributed by atoms with Crippen molar-refractivity contribution < 1.29 is 14.7 Å². The van der Waals surface area contributed by atoms with Crippen LogP contribution in [0.25, 0.3) is 0 Å². The van der Waals surface area contributed by atoms with Crippen molar-refractivity contribution in [2.75, 3.05) is 6.54 Å². The normalized spacial score (nSPS) is 11.8. The predicted octanol–water partition coefficient (Wildman–Crippen LogP) is 0.606. The lowest BCUT2D eigenvalue weighted by Crippen LogP contribution is -2.29. The summed E-state index contributed by atoms with van der Waals surface area (Å²) in [6.45, 7) is 2.28. The molecular formula is C12H16N2O4. The van der Waals surface area contributed by atoms with Crippen molar-refractivity contribution in [2.24, 2.45) is 5.92 Å². The Bertz CT molecular complexity index is 461. The third kappa shape index (κ3) is 4.82. The summed E-state index contributed by atoms with van der Waals surface area (Å²) in [6.07, 6.45) is 1.95. The molecule has 0 aromatic carbocycles. The average Bonchev–Trinajstić information content (AvgIpc) is 2.34. The van der Waals surface area contributed by atoms with E-state index in [1.807, 2.05) is 6.92 Å². The molecule has 6 nitrogen and oxygen atoms in total. The first-order valence-corrected chi connectivity index (χ1v) is 5.67. The monoisotopic (exact) mass is 252 g/mol. The van der Waals surface area contributed by atoms with Gasteiger partial charge in [-0.2, -0.15) is 0 Å². The lowest BCUT2D eigenvalue weighted by atomic mass is 10.1. The summed E-state index contributed by atoms with van der Waals surface area (Å²) in [7, 11) is 0. The van der Waals surface area contributed by atoms with Crippen LogP contribution in [0, 0.1) is 5.92 Å². The molecule has 6 heteroatoms. The molecular weight excluding hydrogens is 236 g/mol. The zero-order chi connectivity index (χ0) is 13.5. The fourth-order valence-electron chi connectivity index (χ4n) is 1.39. The second-order valence-corrected chi connectivity index (χ2v) is 4.19. The minimum Gasteiger partial charge on any atom is -0.481 e. The number of nitrogens with one attached hydrogen (secondary N) is 2. The molecule has 1 amide bonds. The number of carbonyl (C=O) groups is 2. The molecule has 1 aromatic heterocycles. The van der Waals surface area contributed by atoms with Crippen LogP contribution in [-0.4, -0.2) is 28.5 Å². The van der Waals surface area contributed by atoms with E-state index < -0.39 is 5.97 Å². The van der Waals surface area contributed by atoms with Crippen LogP contribution < -0.4 is 10.9 Å². The zero-order valence-electron chi connectivity index (χ0n) is 10.1. The summed E-state index contributed by atoms with van der Waals surface area (Å²) in [5, 5.41) is 11.2. The molecule has 0 spiro atoms. The van der Waals surface area contributed by atoms with E-state index in [0.717, 1.165) is 0 Å². The second kappa shape index (κ2) is 6.58. The zero-order valence-corrected chi connectivity index (χ0v) is 10.1. The van der Waals surface area contributed by atoms with Gasteiger partial charge in [-0.1, -0.05) is 6.92 Å². The second-order valence-electron chi connectivity index (χ2n) is 4.19. The number of aliphatic carboxylic acids is 1. The number of carbonyl (C=O) groups excluding carboxylic acids is 1. The van der Waals surface area contributed by atoms with Crippen molar-refractivity contribution in [3.05, 3.63) is 34.2 Å². The van der Waals surface area contributed by atoms with Crippen LogP contribution in [0.4, 0.5) is 0 Å². The van der Waals surface area contributed by atoms with Crippen molar-refractivity contribution in [2.45, 2.75) is 19.8 Å². The Labute approximate surface area is 104 Å². The number of amides is 1. The van der Waals surface area contributed by atoms with Gasteiger partial charge in [0.25, 0.3) is 5.91 Å². The molecule has 0 saturated heterocycles. The number of aromatic amines is 1. The van der Waals surface area contributed by atoms with Gasteiger partial charge in [-0.3, -0.25) is 14.4 Å². The first kappa shape index (κ1) is 14.0. The Morgan fingerprint density at radius 1 is 1.44 bits per heavy atom. The van der Waals surface area contributed by atoms with E-state index in [1.54, 1.807) is 0 Å². The SMILES string of the molecule is CC(CCC(=O)O)CNC(=O)c1ccc(=O)[nH]c1. The third-order valence-electron chi connectivity index (χ3n) is 2.51. The van der Waals surface area contributed by atoms with Crippen molar-refractivity contribution >= 4 is 11.9 Å². The van der Waals surface area contributed by atoms with Crippen LogP contribution in [0.5, 0.6) is 0 Å². The van der Waals surface area contributed by atoms with Gasteiger partial charge in [0.05, 0.1) is 5.56 Å². The molecule has 18 heavy (non-hydrogen) atoms. The number of H-pyrrole nitrogens is 1. The Balaban J connectivity index is 2.39. The van der Waals surface area contributed by atoms with E-state index in [2.05, 4.69) is 10.3 Å². The van der Waals surface area contributed by atoms with E-state index in [1.165, 1.54) is 18.3 Å². The quantitative estimate of drug-likeness (QED) is 0.690. The summed E-state index contributed by atoms with van der Waals surface area (Å²) < 4.78 is 0. The van der Waals surface area contributed by atoms with Gasteiger partial charge in [-0.25, -0.2) is 0 Å². The summed E-state index contributed by atoms with van der Waals surface area (Å²) in [4.78, 5) is 35.3. The van der Waals surface area contributed by atoms with Gasteiger partial charge in [0, 0.05) is 25.2 Å². The molecule has 0 bridgehead atoms. The molecule has 0 radical (unpaired) electrons. The van der Waals surface area contributed by atoms with Crippen LogP contribution in [0.15, 0.2) is 23.1 Å². The summed E-state index contributed by atoms with van der Waals surface area (Å²) in [5.74, 6) is -1.03. The number of hydrogen-bond acceptors (Lipinski definition) is 3. The molecule has 3 N–H and O–H groups in total. The number of carboxylic acids is 1. The van der Waals surface area contributed by atoms with Gasteiger partial charge >= 0.3 is 5.97 Å². The van der Waals surface area contributed by atoms with E-state index in [9.17, 15) is 14.4 Å². The molecule has 0 aliphatic rings.